The van der Waals surface area contributed by atoms with Crippen LogP contribution in [0.4, 0.5) is 11.4 Å². The van der Waals surface area contributed by atoms with Gasteiger partial charge in [0, 0.05) is 23.4 Å². The summed E-state index contributed by atoms with van der Waals surface area (Å²) in [6.07, 6.45) is 4.85. The summed E-state index contributed by atoms with van der Waals surface area (Å²) in [7, 11) is 0. The van der Waals surface area contributed by atoms with Gasteiger partial charge in [-0.2, -0.15) is 0 Å². The van der Waals surface area contributed by atoms with Crippen LogP contribution in [0.3, 0.4) is 0 Å². The first-order valence-electron chi connectivity index (χ1n) is 5.68. The number of nitrogens with zero attached hydrogens (tertiary/aromatic N) is 1. The molecular weight excluding hydrogens is 204 g/mol. The highest BCUT2D eigenvalue weighted by Crippen LogP contribution is 2.26. The first kappa shape index (κ1) is 10.9. The summed E-state index contributed by atoms with van der Waals surface area (Å²) < 4.78 is 0. The molecule has 86 valence electrons. The molecular formula is C12H16N2O2. The van der Waals surface area contributed by atoms with Crippen molar-refractivity contribution in [2.45, 2.75) is 38.6 Å². The Labute approximate surface area is 94.8 Å². The van der Waals surface area contributed by atoms with Crippen LogP contribution in [-0.2, 0) is 0 Å². The predicted molar refractivity (Wildman–Crippen MR) is 63.7 cm³/mol. The largest absolute Gasteiger partial charge is 0.382 e. The molecule has 1 aliphatic carbocycles. The second-order valence-corrected chi connectivity index (χ2v) is 4.38. The molecule has 1 N–H and O–H groups in total. The monoisotopic (exact) mass is 220 g/mol. The lowest BCUT2D eigenvalue weighted by Crippen LogP contribution is -2.14. The molecule has 0 aliphatic heterocycles. The summed E-state index contributed by atoms with van der Waals surface area (Å²) in [6.45, 7) is 1.76. The molecule has 1 aromatic carbocycles. The number of nitrogens with one attached hydrogen (secondary N) is 1. The van der Waals surface area contributed by atoms with Gasteiger partial charge in [-0.15, -0.1) is 0 Å². The maximum atomic E-state index is 10.8. The number of anilines is 1. The van der Waals surface area contributed by atoms with E-state index >= 15 is 0 Å². The molecule has 0 radical (unpaired) electrons. The van der Waals surface area contributed by atoms with E-state index in [4.69, 9.17) is 0 Å². The smallest absolute Gasteiger partial charge is 0.274 e. The van der Waals surface area contributed by atoms with Crippen LogP contribution in [0.25, 0.3) is 0 Å². The Kier molecular flexibility index (Phi) is 3.08. The molecule has 0 bridgehead atoms. The number of rotatable bonds is 3. The summed E-state index contributed by atoms with van der Waals surface area (Å²) in [4.78, 5) is 10.5. The zero-order valence-corrected chi connectivity index (χ0v) is 9.40. The third kappa shape index (κ3) is 2.32. The van der Waals surface area contributed by atoms with Gasteiger partial charge in [0.1, 0.15) is 0 Å². The zero-order chi connectivity index (χ0) is 11.5. The average Bonchev–Trinajstić information content (AvgIpc) is 2.73. The van der Waals surface area contributed by atoms with E-state index in [9.17, 15) is 10.1 Å². The Morgan fingerprint density at radius 3 is 2.69 bits per heavy atom. The molecule has 1 aromatic rings. The van der Waals surface area contributed by atoms with E-state index in [2.05, 4.69) is 5.32 Å². The van der Waals surface area contributed by atoms with Crippen molar-refractivity contribution in [2.75, 3.05) is 5.32 Å². The molecule has 0 saturated heterocycles. The molecule has 0 aromatic heterocycles. The minimum Gasteiger partial charge on any atom is -0.382 e. The minimum absolute atomic E-state index is 0.197. The molecule has 0 atom stereocenters. The van der Waals surface area contributed by atoms with Gasteiger partial charge in [0.25, 0.3) is 5.69 Å². The molecule has 1 aliphatic rings. The second-order valence-electron chi connectivity index (χ2n) is 4.38. The van der Waals surface area contributed by atoms with Crippen molar-refractivity contribution in [2.24, 2.45) is 0 Å². The Hall–Kier alpha value is -1.58. The molecule has 0 unspecified atom stereocenters. The van der Waals surface area contributed by atoms with Crippen molar-refractivity contribution < 1.29 is 4.92 Å². The fourth-order valence-electron chi connectivity index (χ4n) is 2.20. The van der Waals surface area contributed by atoms with Gasteiger partial charge in [0.05, 0.1) is 4.92 Å². The van der Waals surface area contributed by atoms with Crippen LogP contribution >= 0.6 is 0 Å². The SMILES string of the molecule is Cc1ccc(NC2CCCC2)cc1[N+](=O)[O-]. The number of hydrogen-bond donors (Lipinski definition) is 1. The standard InChI is InChI=1S/C12H16N2O2/c1-9-6-7-11(8-12(9)14(15)16)13-10-4-2-3-5-10/h6-8,10,13H,2-5H2,1H3. The quantitative estimate of drug-likeness (QED) is 0.628. The topological polar surface area (TPSA) is 55.2 Å². The van der Waals surface area contributed by atoms with E-state index in [1.807, 2.05) is 6.07 Å². The van der Waals surface area contributed by atoms with Crippen molar-refractivity contribution >= 4 is 11.4 Å². The normalized spacial score (nSPS) is 16.3. The number of benzene rings is 1. The Morgan fingerprint density at radius 1 is 1.38 bits per heavy atom. The van der Waals surface area contributed by atoms with E-state index in [-0.39, 0.29) is 10.6 Å². The molecule has 0 spiro atoms. The third-order valence-electron chi connectivity index (χ3n) is 3.13. The fraction of sp³-hybridized carbons (Fsp3) is 0.500. The summed E-state index contributed by atoms with van der Waals surface area (Å²) >= 11 is 0. The van der Waals surface area contributed by atoms with Crippen molar-refractivity contribution in [1.29, 1.82) is 0 Å². The van der Waals surface area contributed by atoms with Gasteiger partial charge in [-0.05, 0) is 25.8 Å². The fourth-order valence-corrected chi connectivity index (χ4v) is 2.20. The lowest BCUT2D eigenvalue weighted by molar-refractivity contribution is -0.385. The molecule has 1 saturated carbocycles. The lowest BCUT2D eigenvalue weighted by Gasteiger charge is -2.13. The summed E-state index contributed by atoms with van der Waals surface area (Å²) in [6, 6.07) is 5.84. The highest BCUT2D eigenvalue weighted by atomic mass is 16.6. The van der Waals surface area contributed by atoms with Gasteiger partial charge in [0.2, 0.25) is 0 Å². The van der Waals surface area contributed by atoms with E-state index in [0.717, 1.165) is 5.69 Å². The zero-order valence-electron chi connectivity index (χ0n) is 9.40. The molecule has 4 nitrogen and oxygen atoms in total. The van der Waals surface area contributed by atoms with Gasteiger partial charge < -0.3 is 5.32 Å². The van der Waals surface area contributed by atoms with Crippen molar-refractivity contribution in [3.63, 3.8) is 0 Å². The van der Waals surface area contributed by atoms with Crippen molar-refractivity contribution in [3.05, 3.63) is 33.9 Å². The summed E-state index contributed by atoms with van der Waals surface area (Å²) in [5.74, 6) is 0. The number of nitro groups is 1. The van der Waals surface area contributed by atoms with Gasteiger partial charge in [-0.3, -0.25) is 10.1 Å². The number of aryl methyl sites for hydroxylation is 1. The maximum absolute atomic E-state index is 10.8. The van der Waals surface area contributed by atoms with Crippen LogP contribution in [-0.4, -0.2) is 11.0 Å². The Morgan fingerprint density at radius 2 is 2.06 bits per heavy atom. The van der Waals surface area contributed by atoms with E-state index in [1.54, 1.807) is 19.1 Å². The van der Waals surface area contributed by atoms with Crippen molar-refractivity contribution in [1.82, 2.24) is 0 Å². The molecule has 4 heteroatoms. The predicted octanol–water partition coefficient (Wildman–Crippen LogP) is 3.26. The van der Waals surface area contributed by atoms with Gasteiger partial charge in [-0.25, -0.2) is 0 Å². The van der Waals surface area contributed by atoms with Crippen LogP contribution in [0.2, 0.25) is 0 Å². The lowest BCUT2D eigenvalue weighted by atomic mass is 10.1. The summed E-state index contributed by atoms with van der Waals surface area (Å²) in [5.41, 5.74) is 1.77. The first-order valence-corrected chi connectivity index (χ1v) is 5.68. The van der Waals surface area contributed by atoms with Crippen molar-refractivity contribution in [3.8, 4) is 0 Å². The molecule has 16 heavy (non-hydrogen) atoms. The van der Waals surface area contributed by atoms with Crippen LogP contribution in [0.5, 0.6) is 0 Å². The van der Waals surface area contributed by atoms with Crippen LogP contribution < -0.4 is 5.32 Å². The number of hydrogen-bond acceptors (Lipinski definition) is 3. The first-order chi connectivity index (χ1) is 7.66. The molecule has 2 rings (SSSR count). The van der Waals surface area contributed by atoms with E-state index in [1.165, 1.54) is 25.7 Å². The minimum atomic E-state index is -0.324. The Balaban J connectivity index is 2.15. The molecule has 0 heterocycles. The van der Waals surface area contributed by atoms with Crippen LogP contribution in [0, 0.1) is 17.0 Å². The molecule has 1 fully saturated rings. The van der Waals surface area contributed by atoms with E-state index < -0.39 is 0 Å². The average molecular weight is 220 g/mol. The third-order valence-corrected chi connectivity index (χ3v) is 3.13. The van der Waals surface area contributed by atoms with Gasteiger partial charge >= 0.3 is 0 Å². The highest BCUT2D eigenvalue weighted by molar-refractivity contribution is 5.55. The molecule has 0 amide bonds. The highest BCUT2D eigenvalue weighted by Gasteiger charge is 2.16. The second kappa shape index (κ2) is 4.51. The van der Waals surface area contributed by atoms with Crippen LogP contribution in [0.15, 0.2) is 18.2 Å². The number of nitro benzene ring substituents is 1. The Bertz CT molecular complexity index is 398. The van der Waals surface area contributed by atoms with Gasteiger partial charge in [-0.1, -0.05) is 18.9 Å². The summed E-state index contributed by atoms with van der Waals surface area (Å²) in [5, 5.41) is 14.1. The van der Waals surface area contributed by atoms with Gasteiger partial charge in [0.15, 0.2) is 0 Å². The van der Waals surface area contributed by atoms with E-state index in [0.29, 0.717) is 11.6 Å². The van der Waals surface area contributed by atoms with Crippen LogP contribution in [0.1, 0.15) is 31.2 Å². The maximum Gasteiger partial charge on any atom is 0.274 e.